The van der Waals surface area contributed by atoms with E-state index in [0.717, 1.165) is 16.6 Å². The zero-order chi connectivity index (χ0) is 15.7. The third kappa shape index (κ3) is 2.15. The summed E-state index contributed by atoms with van der Waals surface area (Å²) >= 11 is 0. The highest BCUT2D eigenvalue weighted by molar-refractivity contribution is 5.76. The Balaban J connectivity index is 2.10. The molecule has 0 radical (unpaired) electrons. The van der Waals surface area contributed by atoms with Crippen LogP contribution < -0.4 is 10.4 Å². The summed E-state index contributed by atoms with van der Waals surface area (Å²) in [6, 6.07) is 15.2. The van der Waals surface area contributed by atoms with Crippen molar-refractivity contribution >= 4 is 11.0 Å². The van der Waals surface area contributed by atoms with Gasteiger partial charge in [-0.25, -0.2) is 4.79 Å². The molecule has 1 aromatic heterocycles. The van der Waals surface area contributed by atoms with Gasteiger partial charge < -0.3 is 4.74 Å². The molecule has 0 bridgehead atoms. The van der Waals surface area contributed by atoms with Gasteiger partial charge >= 0.3 is 5.69 Å². The normalized spacial score (nSPS) is 10.6. The Morgan fingerprint density at radius 1 is 1.18 bits per heavy atom. The van der Waals surface area contributed by atoms with Crippen LogP contribution in [-0.2, 0) is 13.6 Å². The molecule has 0 aliphatic heterocycles. The lowest BCUT2D eigenvalue weighted by Gasteiger charge is -2.07. The molecule has 0 amide bonds. The fourth-order valence-corrected chi connectivity index (χ4v) is 2.64. The van der Waals surface area contributed by atoms with Crippen molar-refractivity contribution in [3.8, 4) is 11.8 Å². The van der Waals surface area contributed by atoms with Crippen LogP contribution >= 0.6 is 0 Å². The van der Waals surface area contributed by atoms with Crippen molar-refractivity contribution < 1.29 is 4.74 Å². The number of para-hydroxylation sites is 2. The number of hydrogen-bond donors (Lipinski definition) is 0. The van der Waals surface area contributed by atoms with Crippen LogP contribution in [0.25, 0.3) is 11.0 Å². The number of aromatic nitrogens is 2. The molecule has 0 saturated carbocycles. The van der Waals surface area contributed by atoms with Crippen LogP contribution in [0, 0.1) is 11.3 Å². The molecule has 0 spiro atoms. The first-order valence-electron chi connectivity index (χ1n) is 6.87. The van der Waals surface area contributed by atoms with Gasteiger partial charge in [-0.05, 0) is 29.8 Å². The third-order valence-electron chi connectivity index (χ3n) is 3.78. The Hall–Kier alpha value is -3.00. The highest BCUT2D eigenvalue weighted by atomic mass is 16.5. The van der Waals surface area contributed by atoms with Gasteiger partial charge in [0.15, 0.2) is 0 Å². The number of rotatable bonds is 3. The minimum absolute atomic E-state index is 0.0736. The minimum atomic E-state index is -0.0736. The van der Waals surface area contributed by atoms with Crippen molar-refractivity contribution in [3.63, 3.8) is 0 Å². The summed E-state index contributed by atoms with van der Waals surface area (Å²) in [5.74, 6) is 0.538. The fourth-order valence-electron chi connectivity index (χ4n) is 2.64. The molecule has 0 aliphatic carbocycles. The predicted octanol–water partition coefficient (Wildman–Crippen LogP) is 2.27. The molecule has 3 rings (SSSR count). The third-order valence-corrected chi connectivity index (χ3v) is 3.78. The van der Waals surface area contributed by atoms with Gasteiger partial charge in [-0.2, -0.15) is 5.26 Å². The van der Waals surface area contributed by atoms with Gasteiger partial charge in [0.1, 0.15) is 11.8 Å². The van der Waals surface area contributed by atoms with Gasteiger partial charge in [-0.1, -0.05) is 18.2 Å². The van der Waals surface area contributed by atoms with E-state index in [1.54, 1.807) is 28.3 Å². The van der Waals surface area contributed by atoms with Crippen molar-refractivity contribution in [2.45, 2.75) is 6.54 Å². The predicted molar refractivity (Wildman–Crippen MR) is 84.0 cm³/mol. The average molecular weight is 293 g/mol. The molecule has 0 unspecified atom stereocenters. The van der Waals surface area contributed by atoms with Crippen molar-refractivity contribution in [2.24, 2.45) is 7.05 Å². The Kier molecular flexibility index (Phi) is 3.43. The first kappa shape index (κ1) is 14.0. The van der Waals surface area contributed by atoms with E-state index >= 15 is 0 Å². The first-order chi connectivity index (χ1) is 10.7. The van der Waals surface area contributed by atoms with Gasteiger partial charge in [-0.15, -0.1) is 0 Å². The number of ether oxygens (including phenoxy) is 1. The summed E-state index contributed by atoms with van der Waals surface area (Å²) in [4.78, 5) is 12.4. The molecular weight excluding hydrogens is 278 g/mol. The standard InChI is InChI=1S/C17H15N3O2/c1-19-14-5-3-4-6-15(14)20(17(19)21)11-12-7-8-16(22-2)13(9-12)10-18/h3-9H,11H2,1-2H3. The van der Waals surface area contributed by atoms with E-state index in [1.165, 1.54) is 7.11 Å². The number of aryl methyl sites for hydroxylation is 1. The van der Waals surface area contributed by atoms with Crippen LogP contribution in [0.5, 0.6) is 5.75 Å². The highest BCUT2D eigenvalue weighted by Crippen LogP contribution is 2.20. The number of nitrogens with zero attached hydrogens (tertiary/aromatic N) is 3. The zero-order valence-corrected chi connectivity index (χ0v) is 12.4. The lowest BCUT2D eigenvalue weighted by atomic mass is 10.1. The molecule has 0 fully saturated rings. The highest BCUT2D eigenvalue weighted by Gasteiger charge is 2.11. The monoisotopic (exact) mass is 293 g/mol. The molecule has 110 valence electrons. The second-order valence-electron chi connectivity index (χ2n) is 5.06. The van der Waals surface area contributed by atoms with E-state index in [4.69, 9.17) is 10.00 Å². The topological polar surface area (TPSA) is 59.9 Å². The number of nitriles is 1. The van der Waals surface area contributed by atoms with Crippen LogP contribution in [-0.4, -0.2) is 16.2 Å². The number of imidazole rings is 1. The minimum Gasteiger partial charge on any atom is -0.495 e. The average Bonchev–Trinajstić information content (AvgIpc) is 2.80. The molecule has 1 heterocycles. The molecule has 2 aromatic carbocycles. The number of hydrogen-bond acceptors (Lipinski definition) is 3. The molecule has 3 aromatic rings. The Morgan fingerprint density at radius 2 is 1.91 bits per heavy atom. The Morgan fingerprint density at radius 3 is 2.59 bits per heavy atom. The molecule has 5 heteroatoms. The van der Waals surface area contributed by atoms with Gasteiger partial charge in [0, 0.05) is 7.05 Å². The SMILES string of the molecule is COc1ccc(Cn2c(=O)n(C)c3ccccc32)cc1C#N. The molecule has 0 aliphatic rings. The van der Waals surface area contributed by atoms with E-state index in [0.29, 0.717) is 17.9 Å². The summed E-state index contributed by atoms with van der Waals surface area (Å²) in [6.45, 7) is 0.416. The molecule has 0 saturated heterocycles. The summed E-state index contributed by atoms with van der Waals surface area (Å²) in [7, 11) is 3.29. The van der Waals surface area contributed by atoms with E-state index in [9.17, 15) is 4.79 Å². The summed E-state index contributed by atoms with van der Waals surface area (Å²) in [5, 5.41) is 9.17. The molecule has 22 heavy (non-hydrogen) atoms. The van der Waals surface area contributed by atoms with Crippen LogP contribution in [0.3, 0.4) is 0 Å². The quantitative estimate of drug-likeness (QED) is 0.744. The van der Waals surface area contributed by atoms with Gasteiger partial charge in [-0.3, -0.25) is 9.13 Å². The number of fused-ring (bicyclic) bond motifs is 1. The molecule has 0 atom stereocenters. The van der Waals surface area contributed by atoms with Crippen molar-refractivity contribution in [1.82, 2.24) is 9.13 Å². The lowest BCUT2D eigenvalue weighted by Crippen LogP contribution is -2.22. The fraction of sp³-hybridized carbons (Fsp3) is 0.176. The van der Waals surface area contributed by atoms with Crippen LogP contribution in [0.4, 0.5) is 0 Å². The van der Waals surface area contributed by atoms with Crippen molar-refractivity contribution in [3.05, 3.63) is 64.1 Å². The second kappa shape index (κ2) is 5.41. The molecular formula is C17H15N3O2. The summed E-state index contributed by atoms with van der Waals surface area (Å²) in [5.41, 5.74) is 3.05. The maximum absolute atomic E-state index is 12.4. The van der Waals surface area contributed by atoms with E-state index in [1.807, 2.05) is 30.3 Å². The lowest BCUT2D eigenvalue weighted by molar-refractivity contribution is 0.413. The van der Waals surface area contributed by atoms with Crippen LogP contribution in [0.15, 0.2) is 47.3 Å². The van der Waals surface area contributed by atoms with Crippen molar-refractivity contribution in [1.29, 1.82) is 5.26 Å². The first-order valence-corrected chi connectivity index (χ1v) is 6.87. The smallest absolute Gasteiger partial charge is 0.329 e. The Bertz CT molecular complexity index is 945. The van der Waals surface area contributed by atoms with E-state index in [-0.39, 0.29) is 5.69 Å². The van der Waals surface area contributed by atoms with E-state index in [2.05, 4.69) is 6.07 Å². The summed E-state index contributed by atoms with van der Waals surface area (Å²) < 4.78 is 8.48. The molecule has 0 N–H and O–H groups in total. The maximum Gasteiger partial charge on any atom is 0.329 e. The van der Waals surface area contributed by atoms with Gasteiger partial charge in [0.25, 0.3) is 0 Å². The molecule has 5 nitrogen and oxygen atoms in total. The maximum atomic E-state index is 12.4. The Labute approximate surface area is 127 Å². The zero-order valence-electron chi connectivity index (χ0n) is 12.4. The number of methoxy groups -OCH3 is 1. The summed E-state index contributed by atoms with van der Waals surface area (Å²) in [6.07, 6.45) is 0. The second-order valence-corrected chi connectivity index (χ2v) is 5.06. The van der Waals surface area contributed by atoms with Crippen LogP contribution in [0.2, 0.25) is 0 Å². The van der Waals surface area contributed by atoms with Gasteiger partial charge in [0.2, 0.25) is 0 Å². The van der Waals surface area contributed by atoms with Gasteiger partial charge in [0.05, 0.1) is 30.3 Å². The number of benzene rings is 2. The van der Waals surface area contributed by atoms with Crippen LogP contribution in [0.1, 0.15) is 11.1 Å². The van der Waals surface area contributed by atoms with Crippen molar-refractivity contribution in [2.75, 3.05) is 7.11 Å². The largest absolute Gasteiger partial charge is 0.495 e. The van der Waals surface area contributed by atoms with E-state index < -0.39 is 0 Å².